The molecule has 96 valence electrons. The Bertz CT molecular complexity index is 512. The van der Waals surface area contributed by atoms with Crippen LogP contribution in [0.1, 0.15) is 11.8 Å². The van der Waals surface area contributed by atoms with E-state index in [1.165, 1.54) is 12.1 Å². The van der Waals surface area contributed by atoms with Gasteiger partial charge in [0.15, 0.2) is 4.67 Å². The molecule has 0 bridgehead atoms. The lowest BCUT2D eigenvalue weighted by Gasteiger charge is -2.27. The van der Waals surface area contributed by atoms with Gasteiger partial charge in [-0.05, 0) is 52.3 Å². The van der Waals surface area contributed by atoms with E-state index in [0.717, 1.165) is 11.4 Å². The molecule has 0 aliphatic heterocycles. The topological polar surface area (TPSA) is 42.4 Å². The Morgan fingerprint density at radius 1 is 1.28 bits per heavy atom. The number of nitrogens with zero attached hydrogens (tertiary/aromatic N) is 1. The standard InChI is InChI=1S/C13H14BrFN2O/c1-17(10-4-2-9(15)3-5-10)11(8-16)12-6-7-13(14)18-12/h2-7,11H,8,16H2,1H3. The maximum Gasteiger partial charge on any atom is 0.169 e. The van der Waals surface area contributed by atoms with Gasteiger partial charge in [0.2, 0.25) is 0 Å². The van der Waals surface area contributed by atoms with E-state index in [1.807, 2.05) is 24.1 Å². The summed E-state index contributed by atoms with van der Waals surface area (Å²) in [6.45, 7) is 0.411. The highest BCUT2D eigenvalue weighted by atomic mass is 79.9. The van der Waals surface area contributed by atoms with E-state index >= 15 is 0 Å². The summed E-state index contributed by atoms with van der Waals surface area (Å²) >= 11 is 3.27. The summed E-state index contributed by atoms with van der Waals surface area (Å²) in [5.41, 5.74) is 6.68. The normalized spacial score (nSPS) is 12.4. The number of nitrogens with two attached hydrogens (primary N) is 1. The molecule has 0 amide bonds. The van der Waals surface area contributed by atoms with Crippen LogP contribution in [0.15, 0.2) is 45.5 Å². The van der Waals surface area contributed by atoms with Crippen molar-refractivity contribution in [2.45, 2.75) is 6.04 Å². The van der Waals surface area contributed by atoms with Gasteiger partial charge in [-0.15, -0.1) is 0 Å². The van der Waals surface area contributed by atoms with Gasteiger partial charge in [-0.3, -0.25) is 0 Å². The van der Waals surface area contributed by atoms with E-state index in [4.69, 9.17) is 10.2 Å². The van der Waals surface area contributed by atoms with E-state index in [-0.39, 0.29) is 11.9 Å². The van der Waals surface area contributed by atoms with Gasteiger partial charge in [0, 0.05) is 19.3 Å². The lowest BCUT2D eigenvalue weighted by atomic mass is 10.1. The largest absolute Gasteiger partial charge is 0.452 e. The van der Waals surface area contributed by atoms with E-state index in [1.54, 1.807) is 12.1 Å². The third-order valence-corrected chi connectivity index (χ3v) is 3.27. The van der Waals surface area contributed by atoms with Crippen molar-refractivity contribution in [1.29, 1.82) is 0 Å². The van der Waals surface area contributed by atoms with E-state index in [9.17, 15) is 4.39 Å². The number of halogens is 2. The fourth-order valence-corrected chi connectivity index (χ4v) is 2.15. The van der Waals surface area contributed by atoms with Crippen LogP contribution in [0.3, 0.4) is 0 Å². The average Bonchev–Trinajstić information content (AvgIpc) is 2.77. The van der Waals surface area contributed by atoms with Crippen molar-refractivity contribution in [1.82, 2.24) is 0 Å². The van der Waals surface area contributed by atoms with Crippen LogP contribution in [0.25, 0.3) is 0 Å². The minimum atomic E-state index is -0.253. The van der Waals surface area contributed by atoms with Crippen molar-refractivity contribution in [3.63, 3.8) is 0 Å². The molecule has 0 spiro atoms. The first-order valence-corrected chi connectivity index (χ1v) is 6.35. The molecule has 2 aromatic rings. The van der Waals surface area contributed by atoms with Crippen LogP contribution in [0.4, 0.5) is 10.1 Å². The molecule has 1 aromatic heterocycles. The van der Waals surface area contributed by atoms with Crippen molar-refractivity contribution in [3.05, 3.63) is 52.6 Å². The highest BCUT2D eigenvalue weighted by molar-refractivity contribution is 9.10. The Hall–Kier alpha value is -1.33. The number of hydrogen-bond acceptors (Lipinski definition) is 3. The first-order chi connectivity index (χ1) is 8.61. The van der Waals surface area contributed by atoms with Crippen molar-refractivity contribution >= 4 is 21.6 Å². The summed E-state index contributed by atoms with van der Waals surface area (Å²) in [6, 6.07) is 9.92. The van der Waals surface area contributed by atoms with Gasteiger partial charge >= 0.3 is 0 Å². The van der Waals surface area contributed by atoms with Crippen LogP contribution in [0.2, 0.25) is 0 Å². The molecule has 0 saturated carbocycles. The molecule has 0 fully saturated rings. The Labute approximate surface area is 114 Å². The van der Waals surface area contributed by atoms with Crippen LogP contribution in [0, 0.1) is 5.82 Å². The molecule has 1 heterocycles. The summed E-state index contributed by atoms with van der Waals surface area (Å²) in [5.74, 6) is 0.522. The van der Waals surface area contributed by atoms with Gasteiger partial charge < -0.3 is 15.1 Å². The zero-order chi connectivity index (χ0) is 13.1. The van der Waals surface area contributed by atoms with Crippen molar-refractivity contribution in [2.24, 2.45) is 5.73 Å². The summed E-state index contributed by atoms with van der Waals surface area (Å²) < 4.78 is 19.1. The molecule has 0 saturated heterocycles. The second-order valence-corrected chi connectivity index (χ2v) is 4.76. The molecule has 1 aromatic carbocycles. The molecule has 3 nitrogen and oxygen atoms in total. The zero-order valence-electron chi connectivity index (χ0n) is 9.94. The summed E-state index contributed by atoms with van der Waals surface area (Å²) in [6.07, 6.45) is 0. The predicted molar refractivity (Wildman–Crippen MR) is 73.0 cm³/mol. The molecular formula is C13H14BrFN2O. The average molecular weight is 313 g/mol. The molecule has 0 aliphatic rings. The molecule has 5 heteroatoms. The number of anilines is 1. The maximum absolute atomic E-state index is 12.9. The van der Waals surface area contributed by atoms with E-state index in [0.29, 0.717) is 11.2 Å². The first kappa shape index (κ1) is 13.1. The number of benzene rings is 1. The summed E-state index contributed by atoms with van der Waals surface area (Å²) in [4.78, 5) is 1.96. The van der Waals surface area contributed by atoms with Gasteiger partial charge in [-0.1, -0.05) is 0 Å². The highest BCUT2D eigenvalue weighted by Gasteiger charge is 2.19. The van der Waals surface area contributed by atoms with Gasteiger partial charge in [0.05, 0.1) is 6.04 Å². The molecule has 1 atom stereocenters. The summed E-state index contributed by atoms with van der Waals surface area (Å²) in [7, 11) is 1.90. The Morgan fingerprint density at radius 2 is 1.94 bits per heavy atom. The molecule has 2 N–H and O–H groups in total. The predicted octanol–water partition coefficient (Wildman–Crippen LogP) is 3.32. The quantitative estimate of drug-likeness (QED) is 0.941. The number of furan rings is 1. The maximum atomic E-state index is 12.9. The lowest BCUT2D eigenvalue weighted by Crippen LogP contribution is -2.30. The monoisotopic (exact) mass is 312 g/mol. The van der Waals surface area contributed by atoms with Gasteiger partial charge in [-0.25, -0.2) is 4.39 Å². The minimum absolute atomic E-state index is 0.0817. The zero-order valence-corrected chi connectivity index (χ0v) is 11.5. The smallest absolute Gasteiger partial charge is 0.169 e. The molecule has 0 radical (unpaired) electrons. The van der Waals surface area contributed by atoms with Crippen LogP contribution < -0.4 is 10.6 Å². The van der Waals surface area contributed by atoms with Gasteiger partial charge in [0.1, 0.15) is 11.6 Å². The molecule has 0 aliphatic carbocycles. The Kier molecular flexibility index (Phi) is 4.04. The first-order valence-electron chi connectivity index (χ1n) is 5.55. The molecule has 1 unspecified atom stereocenters. The number of hydrogen-bond donors (Lipinski definition) is 1. The van der Waals surface area contributed by atoms with Crippen LogP contribution in [-0.4, -0.2) is 13.6 Å². The second kappa shape index (κ2) is 5.54. The molecule has 2 rings (SSSR count). The van der Waals surface area contributed by atoms with E-state index < -0.39 is 0 Å². The third kappa shape index (κ3) is 2.73. The Morgan fingerprint density at radius 3 is 2.44 bits per heavy atom. The van der Waals surface area contributed by atoms with Crippen LogP contribution in [-0.2, 0) is 0 Å². The third-order valence-electron chi connectivity index (χ3n) is 2.85. The van der Waals surface area contributed by atoms with E-state index in [2.05, 4.69) is 15.9 Å². The van der Waals surface area contributed by atoms with Crippen molar-refractivity contribution in [2.75, 3.05) is 18.5 Å². The van der Waals surface area contributed by atoms with Crippen molar-refractivity contribution < 1.29 is 8.81 Å². The fraction of sp³-hybridized carbons (Fsp3) is 0.231. The molecule has 18 heavy (non-hydrogen) atoms. The van der Waals surface area contributed by atoms with Gasteiger partial charge in [0.25, 0.3) is 0 Å². The van der Waals surface area contributed by atoms with Crippen LogP contribution >= 0.6 is 15.9 Å². The van der Waals surface area contributed by atoms with Gasteiger partial charge in [-0.2, -0.15) is 0 Å². The highest BCUT2D eigenvalue weighted by Crippen LogP contribution is 2.27. The molecular weight excluding hydrogens is 299 g/mol. The Balaban J connectivity index is 2.25. The fourth-order valence-electron chi connectivity index (χ4n) is 1.83. The SMILES string of the molecule is CN(c1ccc(F)cc1)C(CN)c1ccc(Br)o1. The lowest BCUT2D eigenvalue weighted by molar-refractivity contribution is 0.444. The number of rotatable bonds is 4. The minimum Gasteiger partial charge on any atom is -0.452 e. The van der Waals surface area contributed by atoms with Crippen LogP contribution in [0.5, 0.6) is 0 Å². The number of likely N-dealkylation sites (N-methyl/N-ethyl adjacent to an activating group) is 1. The second-order valence-electron chi connectivity index (χ2n) is 3.98. The summed E-state index contributed by atoms with van der Waals surface area (Å²) in [5, 5.41) is 0. The van der Waals surface area contributed by atoms with Crippen molar-refractivity contribution in [3.8, 4) is 0 Å².